The first kappa shape index (κ1) is 16.7. The Morgan fingerprint density at radius 3 is 2.45 bits per heavy atom. The van der Waals surface area contributed by atoms with E-state index in [1.54, 1.807) is 0 Å². The molecular weight excluding hydrogens is 348 g/mol. The number of alkyl halides is 3. The smallest absolute Gasteiger partial charge is 0.435 e. The first-order valence-electron chi connectivity index (χ1n) is 5.75. The van der Waals surface area contributed by atoms with Crippen molar-refractivity contribution in [1.82, 2.24) is 9.78 Å². The number of aromatic nitrogens is 2. The van der Waals surface area contributed by atoms with Gasteiger partial charge in [0.2, 0.25) is 5.88 Å². The van der Waals surface area contributed by atoms with Crippen LogP contribution in [0, 0.1) is 0 Å². The molecule has 0 saturated heterocycles. The number of phenols is 1. The Morgan fingerprint density at radius 1 is 1.27 bits per heavy atom. The molecule has 1 aromatic carbocycles. The third-order valence-electron chi connectivity index (χ3n) is 2.72. The first-order valence-corrected chi connectivity index (χ1v) is 6.50. The minimum atomic E-state index is -4.75. The van der Waals surface area contributed by atoms with Crippen molar-refractivity contribution in [3.05, 3.63) is 33.4 Å². The lowest BCUT2D eigenvalue weighted by Gasteiger charge is -2.10. The number of ether oxygens (including phenoxy) is 1. The topological polar surface area (TPSA) is 67.5 Å². The fraction of sp³-hybridized carbons (Fsp3) is 0.250. The van der Waals surface area contributed by atoms with E-state index in [0.717, 1.165) is 10.7 Å². The molecule has 2 N–H and O–H groups in total. The predicted molar refractivity (Wildman–Crippen MR) is 72.3 cm³/mol. The molecule has 22 heavy (non-hydrogen) atoms. The van der Waals surface area contributed by atoms with E-state index in [0.29, 0.717) is 0 Å². The summed E-state index contributed by atoms with van der Waals surface area (Å²) in [5.41, 5.74) is -1.80. The van der Waals surface area contributed by atoms with E-state index in [2.05, 4.69) is 5.10 Å². The lowest BCUT2D eigenvalue weighted by atomic mass is 10.2. The average Bonchev–Trinajstić information content (AvgIpc) is 2.72. The summed E-state index contributed by atoms with van der Waals surface area (Å²) < 4.78 is 44.6. The molecule has 2 rings (SSSR count). The maximum atomic E-state index is 12.8. The largest absolute Gasteiger partial charge is 0.506 e. The number of halogens is 5. The summed E-state index contributed by atoms with van der Waals surface area (Å²) in [5.74, 6) is -0.835. The van der Waals surface area contributed by atoms with Gasteiger partial charge in [0.05, 0.1) is 22.2 Å². The normalized spacial score (nSPS) is 11.8. The second-order valence-corrected chi connectivity index (χ2v) is 5.06. The van der Waals surface area contributed by atoms with Gasteiger partial charge in [-0.2, -0.15) is 18.3 Å². The molecule has 120 valence electrons. The van der Waals surface area contributed by atoms with Crippen LogP contribution in [0.4, 0.5) is 13.2 Å². The number of aryl methyl sites for hydroxylation is 1. The van der Waals surface area contributed by atoms with Crippen molar-refractivity contribution in [3.63, 3.8) is 0 Å². The molecule has 0 unspecified atom stereocenters. The molecule has 1 heterocycles. The third kappa shape index (κ3) is 3.08. The van der Waals surface area contributed by atoms with E-state index in [9.17, 15) is 23.4 Å². The number of hydrogen-bond acceptors (Lipinski definition) is 4. The van der Waals surface area contributed by atoms with Gasteiger partial charge in [-0.1, -0.05) is 23.2 Å². The molecule has 10 heteroatoms. The van der Waals surface area contributed by atoms with Crippen molar-refractivity contribution in [2.45, 2.75) is 12.8 Å². The second-order valence-electron chi connectivity index (χ2n) is 4.25. The average molecular weight is 357 g/mol. The molecule has 0 spiro atoms. The lowest BCUT2D eigenvalue weighted by molar-refractivity contribution is -0.142. The fourth-order valence-electron chi connectivity index (χ4n) is 1.75. The van der Waals surface area contributed by atoms with Crippen LogP contribution in [0.1, 0.15) is 11.3 Å². The summed E-state index contributed by atoms with van der Waals surface area (Å²) in [4.78, 5) is 0. The number of nitrogens with zero attached hydrogens (tertiary/aromatic N) is 2. The van der Waals surface area contributed by atoms with Gasteiger partial charge in [-0.25, -0.2) is 4.68 Å². The Balaban J connectivity index is 2.51. The van der Waals surface area contributed by atoms with Gasteiger partial charge < -0.3 is 14.9 Å². The van der Waals surface area contributed by atoms with Crippen molar-refractivity contribution in [2.24, 2.45) is 7.05 Å². The Morgan fingerprint density at radius 2 is 1.91 bits per heavy atom. The van der Waals surface area contributed by atoms with Crippen LogP contribution in [-0.4, -0.2) is 20.0 Å². The zero-order valence-electron chi connectivity index (χ0n) is 10.9. The van der Waals surface area contributed by atoms with Gasteiger partial charge in [0.1, 0.15) is 5.75 Å². The van der Waals surface area contributed by atoms with Crippen LogP contribution < -0.4 is 4.74 Å². The molecule has 0 amide bonds. The van der Waals surface area contributed by atoms with Crippen molar-refractivity contribution < 1.29 is 28.1 Å². The molecule has 0 aliphatic carbocycles. The minimum Gasteiger partial charge on any atom is -0.506 e. The maximum Gasteiger partial charge on any atom is 0.435 e. The van der Waals surface area contributed by atoms with Crippen molar-refractivity contribution >= 4 is 23.2 Å². The summed E-state index contributed by atoms with van der Waals surface area (Å²) in [5, 5.41) is 21.9. The standard InChI is InChI=1S/C12H9Cl2F3N2O3/c1-19-11(5(4-20)10(18-19)12(15,16)17)22-9-3-8(21)6(13)2-7(9)14/h2-3,20-21H,4H2,1H3. The van der Waals surface area contributed by atoms with Gasteiger partial charge >= 0.3 is 6.18 Å². The Bertz CT molecular complexity index is 717. The van der Waals surface area contributed by atoms with E-state index >= 15 is 0 Å². The zero-order valence-corrected chi connectivity index (χ0v) is 12.5. The summed E-state index contributed by atoms with van der Waals surface area (Å²) in [6, 6.07) is 2.22. The Kier molecular flexibility index (Phi) is 4.46. The highest BCUT2D eigenvalue weighted by atomic mass is 35.5. The monoisotopic (exact) mass is 356 g/mol. The van der Waals surface area contributed by atoms with E-state index in [4.69, 9.17) is 27.9 Å². The van der Waals surface area contributed by atoms with E-state index in [-0.39, 0.29) is 27.4 Å². The van der Waals surface area contributed by atoms with Gasteiger partial charge in [0.25, 0.3) is 0 Å². The molecule has 0 radical (unpaired) electrons. The summed E-state index contributed by atoms with van der Waals surface area (Å²) in [6.45, 7) is -0.935. The Labute approximate surface area is 132 Å². The highest BCUT2D eigenvalue weighted by molar-refractivity contribution is 6.36. The van der Waals surface area contributed by atoms with Gasteiger partial charge in [-0.15, -0.1) is 0 Å². The van der Waals surface area contributed by atoms with Gasteiger partial charge in [-0.05, 0) is 6.07 Å². The number of rotatable bonds is 3. The molecule has 0 atom stereocenters. The number of benzene rings is 1. The van der Waals surface area contributed by atoms with Crippen LogP contribution in [0.15, 0.2) is 12.1 Å². The summed E-state index contributed by atoms with van der Waals surface area (Å²) >= 11 is 11.5. The van der Waals surface area contributed by atoms with E-state index in [1.165, 1.54) is 13.1 Å². The van der Waals surface area contributed by atoms with Crippen LogP contribution in [0.2, 0.25) is 10.0 Å². The maximum absolute atomic E-state index is 12.8. The fourth-order valence-corrected chi connectivity index (χ4v) is 2.17. The number of aromatic hydroxyl groups is 1. The molecule has 2 aromatic rings. The molecule has 1 aromatic heterocycles. The summed E-state index contributed by atoms with van der Waals surface area (Å²) in [7, 11) is 1.22. The highest BCUT2D eigenvalue weighted by Gasteiger charge is 2.39. The van der Waals surface area contributed by atoms with E-state index < -0.39 is 24.0 Å². The van der Waals surface area contributed by atoms with Gasteiger partial charge in [0, 0.05) is 13.1 Å². The second kappa shape index (κ2) is 5.86. The quantitative estimate of drug-likeness (QED) is 0.878. The first-order chi connectivity index (χ1) is 10.1. The number of aliphatic hydroxyl groups excluding tert-OH is 1. The van der Waals surface area contributed by atoms with Crippen molar-refractivity contribution in [2.75, 3.05) is 0 Å². The van der Waals surface area contributed by atoms with Crippen LogP contribution >= 0.6 is 23.2 Å². The lowest BCUT2D eigenvalue weighted by Crippen LogP contribution is -2.09. The van der Waals surface area contributed by atoms with Crippen LogP contribution in [0.3, 0.4) is 0 Å². The molecule has 0 fully saturated rings. The molecule has 0 saturated carbocycles. The summed E-state index contributed by atoms with van der Waals surface area (Å²) in [6.07, 6.45) is -4.75. The number of aliphatic hydroxyl groups is 1. The molecule has 5 nitrogen and oxygen atoms in total. The molecule has 0 aliphatic heterocycles. The SMILES string of the molecule is Cn1nc(C(F)(F)F)c(CO)c1Oc1cc(O)c(Cl)cc1Cl. The van der Waals surface area contributed by atoms with Crippen LogP contribution in [0.25, 0.3) is 0 Å². The molecular formula is C12H9Cl2F3N2O3. The Hall–Kier alpha value is -1.64. The predicted octanol–water partition coefficient (Wildman–Crippen LogP) is 3.74. The van der Waals surface area contributed by atoms with E-state index in [1.807, 2.05) is 0 Å². The molecule has 0 bridgehead atoms. The number of hydrogen-bond donors (Lipinski definition) is 2. The molecule has 0 aliphatic rings. The minimum absolute atomic E-state index is 0.0264. The van der Waals surface area contributed by atoms with Crippen molar-refractivity contribution in [3.8, 4) is 17.4 Å². The van der Waals surface area contributed by atoms with Gasteiger partial charge in [0.15, 0.2) is 11.4 Å². The van der Waals surface area contributed by atoms with Crippen LogP contribution in [-0.2, 0) is 19.8 Å². The zero-order chi connectivity index (χ0) is 16.7. The van der Waals surface area contributed by atoms with Gasteiger partial charge in [-0.3, -0.25) is 0 Å². The van der Waals surface area contributed by atoms with Crippen LogP contribution in [0.5, 0.6) is 17.4 Å². The third-order valence-corrected chi connectivity index (χ3v) is 3.32. The van der Waals surface area contributed by atoms with Crippen molar-refractivity contribution in [1.29, 1.82) is 0 Å². The highest BCUT2D eigenvalue weighted by Crippen LogP contribution is 2.40. The number of phenolic OH excluding ortho intramolecular Hbond substituents is 1.